The Bertz CT molecular complexity index is 1050. The monoisotopic (exact) mass is 348 g/mol. The summed E-state index contributed by atoms with van der Waals surface area (Å²) in [4.78, 5) is 17.1. The zero-order chi connectivity index (χ0) is 17.4. The minimum atomic E-state index is -0.212. The Labute approximate surface area is 149 Å². The van der Waals surface area contributed by atoms with Crippen molar-refractivity contribution in [2.24, 2.45) is 0 Å². The van der Waals surface area contributed by atoms with Crippen LogP contribution in [0.15, 0.2) is 53.4 Å². The molecule has 3 aromatic heterocycles. The third-order valence-corrected chi connectivity index (χ3v) is 4.70. The maximum Gasteiger partial charge on any atom is 0.261 e. The lowest BCUT2D eigenvalue weighted by atomic mass is 10.1. The molecule has 0 unspecified atom stereocenters. The number of hydrogen-bond donors (Lipinski definition) is 1. The van der Waals surface area contributed by atoms with Gasteiger partial charge in [0.15, 0.2) is 5.65 Å². The third-order valence-electron chi connectivity index (χ3n) is 4.02. The van der Waals surface area contributed by atoms with E-state index < -0.39 is 0 Å². The number of anilines is 1. The Balaban J connectivity index is 1.60. The molecule has 6 heteroatoms. The highest BCUT2D eigenvalue weighted by atomic mass is 32.1. The van der Waals surface area contributed by atoms with Gasteiger partial charge < -0.3 is 5.32 Å². The van der Waals surface area contributed by atoms with Crippen LogP contribution in [-0.2, 0) is 0 Å². The number of aromatic nitrogens is 3. The summed E-state index contributed by atoms with van der Waals surface area (Å²) in [5.74, 6) is -0.212. The number of rotatable bonds is 3. The van der Waals surface area contributed by atoms with E-state index in [9.17, 15) is 4.79 Å². The molecule has 5 nitrogen and oxygen atoms in total. The normalized spacial score (nSPS) is 11.0. The Morgan fingerprint density at radius 2 is 1.92 bits per heavy atom. The van der Waals surface area contributed by atoms with Crippen LogP contribution in [0.5, 0.6) is 0 Å². The second-order valence-corrected chi connectivity index (χ2v) is 6.66. The maximum absolute atomic E-state index is 12.6. The molecule has 1 N–H and O–H groups in total. The van der Waals surface area contributed by atoms with E-state index in [4.69, 9.17) is 0 Å². The van der Waals surface area contributed by atoms with E-state index >= 15 is 0 Å². The van der Waals surface area contributed by atoms with Crippen LogP contribution < -0.4 is 5.32 Å². The summed E-state index contributed by atoms with van der Waals surface area (Å²) < 4.78 is 1.68. The van der Waals surface area contributed by atoms with E-state index in [1.807, 2.05) is 49.6 Å². The number of aryl methyl sites for hydroxylation is 2. The number of fused-ring (bicyclic) bond motifs is 1. The molecule has 1 amide bonds. The second-order valence-electron chi connectivity index (χ2n) is 5.88. The fourth-order valence-electron chi connectivity index (χ4n) is 2.80. The van der Waals surface area contributed by atoms with Gasteiger partial charge in [0, 0.05) is 17.1 Å². The van der Waals surface area contributed by atoms with E-state index in [0.29, 0.717) is 11.2 Å². The largest absolute Gasteiger partial charge is 0.322 e. The Morgan fingerprint density at radius 1 is 1.12 bits per heavy atom. The van der Waals surface area contributed by atoms with Gasteiger partial charge in [0.1, 0.15) is 5.56 Å². The van der Waals surface area contributed by atoms with Crippen molar-refractivity contribution in [1.82, 2.24) is 14.6 Å². The fraction of sp³-hybridized carbons (Fsp3) is 0.105. The van der Waals surface area contributed by atoms with E-state index in [-0.39, 0.29) is 5.91 Å². The van der Waals surface area contributed by atoms with Crippen LogP contribution in [0.2, 0.25) is 0 Å². The average Bonchev–Trinajstić information content (AvgIpc) is 3.25. The van der Waals surface area contributed by atoms with Crippen molar-refractivity contribution in [1.29, 1.82) is 0 Å². The van der Waals surface area contributed by atoms with Gasteiger partial charge in [0.05, 0.1) is 6.20 Å². The van der Waals surface area contributed by atoms with Gasteiger partial charge >= 0.3 is 0 Å². The first-order chi connectivity index (χ1) is 12.1. The first-order valence-corrected chi connectivity index (χ1v) is 8.82. The smallest absolute Gasteiger partial charge is 0.261 e. The van der Waals surface area contributed by atoms with Crippen LogP contribution in [0.3, 0.4) is 0 Å². The number of nitrogens with zero attached hydrogens (tertiary/aromatic N) is 3. The predicted octanol–water partition coefficient (Wildman–Crippen LogP) is 4.33. The lowest BCUT2D eigenvalue weighted by molar-refractivity contribution is 0.102. The van der Waals surface area contributed by atoms with Crippen LogP contribution >= 0.6 is 11.3 Å². The second kappa shape index (κ2) is 6.14. The molecule has 0 saturated heterocycles. The molecular weight excluding hydrogens is 332 g/mol. The summed E-state index contributed by atoms with van der Waals surface area (Å²) in [5.41, 5.74) is 5.90. The first-order valence-electron chi connectivity index (χ1n) is 7.88. The van der Waals surface area contributed by atoms with Crippen molar-refractivity contribution in [3.8, 4) is 11.1 Å². The number of hydrogen-bond acceptors (Lipinski definition) is 4. The number of carbonyl (C=O) groups excluding carboxylic acids is 1. The van der Waals surface area contributed by atoms with Gasteiger partial charge in [-0.3, -0.25) is 4.79 Å². The van der Waals surface area contributed by atoms with Crippen molar-refractivity contribution in [2.75, 3.05) is 5.32 Å². The van der Waals surface area contributed by atoms with Crippen LogP contribution in [0.4, 0.5) is 5.69 Å². The molecule has 124 valence electrons. The molecule has 3 heterocycles. The standard InChI is InChI=1S/C19H16N4OS/c1-12-9-13(2)23-18(21-12)17(10-20-23)19(24)22-16-5-3-14(4-6-16)15-7-8-25-11-15/h3-11H,1-2H3,(H,22,24). The van der Waals surface area contributed by atoms with Crippen molar-refractivity contribution in [2.45, 2.75) is 13.8 Å². The Kier molecular flexibility index (Phi) is 3.82. The molecule has 0 saturated carbocycles. The first kappa shape index (κ1) is 15.5. The Morgan fingerprint density at radius 3 is 2.64 bits per heavy atom. The van der Waals surface area contributed by atoms with Crippen molar-refractivity contribution < 1.29 is 4.79 Å². The molecule has 0 fully saturated rings. The highest BCUT2D eigenvalue weighted by molar-refractivity contribution is 7.08. The van der Waals surface area contributed by atoms with Gasteiger partial charge in [0.25, 0.3) is 5.91 Å². The molecule has 1 aromatic carbocycles. The summed E-state index contributed by atoms with van der Waals surface area (Å²) in [6.45, 7) is 3.85. The topological polar surface area (TPSA) is 59.3 Å². The molecular formula is C19H16N4OS. The van der Waals surface area contributed by atoms with Crippen molar-refractivity contribution in [3.63, 3.8) is 0 Å². The minimum absolute atomic E-state index is 0.212. The third kappa shape index (κ3) is 2.92. The van der Waals surface area contributed by atoms with E-state index in [2.05, 4.69) is 26.8 Å². The molecule has 4 rings (SSSR count). The van der Waals surface area contributed by atoms with Crippen LogP contribution in [0.1, 0.15) is 21.7 Å². The van der Waals surface area contributed by atoms with E-state index in [1.165, 1.54) is 5.56 Å². The highest BCUT2D eigenvalue weighted by Crippen LogP contribution is 2.24. The van der Waals surface area contributed by atoms with E-state index in [1.54, 1.807) is 22.0 Å². The van der Waals surface area contributed by atoms with Gasteiger partial charge in [-0.25, -0.2) is 9.50 Å². The van der Waals surface area contributed by atoms with Crippen LogP contribution in [0.25, 0.3) is 16.8 Å². The van der Waals surface area contributed by atoms with E-state index in [0.717, 1.165) is 22.6 Å². The summed E-state index contributed by atoms with van der Waals surface area (Å²) in [6.07, 6.45) is 1.56. The number of amides is 1. The molecule has 0 bridgehead atoms. The lowest BCUT2D eigenvalue weighted by Gasteiger charge is -2.06. The molecule has 0 radical (unpaired) electrons. The molecule has 0 atom stereocenters. The average molecular weight is 348 g/mol. The number of carbonyl (C=O) groups is 1. The number of benzene rings is 1. The molecule has 0 spiro atoms. The fourth-order valence-corrected chi connectivity index (χ4v) is 3.47. The number of thiophene rings is 1. The van der Waals surface area contributed by atoms with Crippen molar-refractivity contribution in [3.05, 3.63) is 70.3 Å². The highest BCUT2D eigenvalue weighted by Gasteiger charge is 2.15. The minimum Gasteiger partial charge on any atom is -0.322 e. The number of nitrogens with one attached hydrogen (secondary N) is 1. The molecule has 0 aliphatic heterocycles. The van der Waals surface area contributed by atoms with Crippen molar-refractivity contribution >= 4 is 28.6 Å². The summed E-state index contributed by atoms with van der Waals surface area (Å²) >= 11 is 1.66. The van der Waals surface area contributed by atoms with Gasteiger partial charge in [-0.2, -0.15) is 16.4 Å². The molecule has 25 heavy (non-hydrogen) atoms. The zero-order valence-electron chi connectivity index (χ0n) is 13.9. The van der Waals surface area contributed by atoms with Gasteiger partial charge in [-0.15, -0.1) is 0 Å². The maximum atomic E-state index is 12.6. The van der Waals surface area contributed by atoms with Gasteiger partial charge in [-0.05, 0) is 60.0 Å². The SMILES string of the molecule is Cc1cc(C)n2ncc(C(=O)Nc3ccc(-c4ccsc4)cc3)c2n1. The lowest BCUT2D eigenvalue weighted by Crippen LogP contribution is -2.12. The van der Waals surface area contributed by atoms with Gasteiger partial charge in [-0.1, -0.05) is 12.1 Å². The molecule has 0 aliphatic rings. The summed E-state index contributed by atoms with van der Waals surface area (Å²) in [5, 5.41) is 11.3. The summed E-state index contributed by atoms with van der Waals surface area (Å²) in [7, 11) is 0. The molecule has 4 aromatic rings. The Hall–Kier alpha value is -2.99. The predicted molar refractivity (Wildman–Crippen MR) is 100 cm³/mol. The zero-order valence-corrected chi connectivity index (χ0v) is 14.7. The van der Waals surface area contributed by atoms with Crippen LogP contribution in [-0.4, -0.2) is 20.5 Å². The molecule has 0 aliphatic carbocycles. The van der Waals surface area contributed by atoms with Gasteiger partial charge in [0.2, 0.25) is 0 Å². The van der Waals surface area contributed by atoms with Crippen LogP contribution in [0, 0.1) is 13.8 Å². The summed E-state index contributed by atoms with van der Waals surface area (Å²) in [6, 6.07) is 11.8. The quantitative estimate of drug-likeness (QED) is 0.599.